The molecule has 0 saturated carbocycles. The molecule has 27 heavy (non-hydrogen) atoms. The Bertz CT molecular complexity index is 972. The van der Waals surface area contributed by atoms with E-state index in [2.05, 4.69) is 35.3 Å². The molecule has 2 heterocycles. The molecule has 0 saturated heterocycles. The number of aromatic nitrogens is 1. The molecule has 138 valence electrons. The van der Waals surface area contributed by atoms with Crippen molar-refractivity contribution >= 4 is 5.97 Å². The number of ether oxygens (including phenoxy) is 1. The third kappa shape index (κ3) is 3.78. The lowest BCUT2D eigenvalue weighted by Gasteiger charge is -2.17. The van der Waals surface area contributed by atoms with Gasteiger partial charge in [0, 0.05) is 12.0 Å². The van der Waals surface area contributed by atoms with Crippen molar-refractivity contribution in [1.82, 2.24) is 4.98 Å². The lowest BCUT2D eigenvalue weighted by molar-refractivity contribution is -0.137. The summed E-state index contributed by atoms with van der Waals surface area (Å²) in [6.45, 7) is 3.36. The number of fused-ring (bicyclic) bond motifs is 1. The van der Waals surface area contributed by atoms with Crippen LogP contribution in [0.25, 0.3) is 22.5 Å². The zero-order chi connectivity index (χ0) is 18.8. The Morgan fingerprint density at radius 1 is 1.07 bits per heavy atom. The van der Waals surface area contributed by atoms with Crippen molar-refractivity contribution in [3.05, 3.63) is 65.2 Å². The van der Waals surface area contributed by atoms with E-state index >= 15 is 0 Å². The quantitative estimate of drug-likeness (QED) is 0.727. The summed E-state index contributed by atoms with van der Waals surface area (Å²) in [5.74, 6) is 0.309. The molecule has 5 heteroatoms. The first-order chi connectivity index (χ1) is 13.1. The van der Waals surface area contributed by atoms with Crippen molar-refractivity contribution in [3.8, 4) is 22.5 Å². The van der Waals surface area contributed by atoms with Gasteiger partial charge in [0.1, 0.15) is 0 Å². The highest BCUT2D eigenvalue weighted by Gasteiger charge is 2.14. The van der Waals surface area contributed by atoms with Gasteiger partial charge in [-0.2, -0.15) is 0 Å². The standard InChI is InChI=1S/C22H21NO4/c1-14-22(27-20(23-14)8-9-21(24)25)16-4-2-15(3-5-16)17-6-7-19-13-26-11-10-18(19)12-17/h2-7,12H,8-11,13H2,1H3,(H,24,25). The van der Waals surface area contributed by atoms with Crippen molar-refractivity contribution < 1.29 is 19.1 Å². The van der Waals surface area contributed by atoms with E-state index in [4.69, 9.17) is 14.3 Å². The zero-order valence-corrected chi connectivity index (χ0v) is 15.2. The fraction of sp³-hybridized carbons (Fsp3) is 0.273. The maximum absolute atomic E-state index is 10.7. The second-order valence-electron chi connectivity index (χ2n) is 6.78. The molecule has 0 bridgehead atoms. The number of benzene rings is 2. The molecule has 0 amide bonds. The van der Waals surface area contributed by atoms with Gasteiger partial charge in [-0.25, -0.2) is 4.98 Å². The molecule has 1 aliphatic heterocycles. The number of carboxylic acid groups (broad SMARTS) is 1. The Kier molecular flexibility index (Phi) is 4.77. The number of hydrogen-bond acceptors (Lipinski definition) is 4. The molecule has 1 aromatic heterocycles. The molecule has 0 unspecified atom stereocenters. The fourth-order valence-corrected chi connectivity index (χ4v) is 3.40. The number of hydrogen-bond donors (Lipinski definition) is 1. The first-order valence-corrected chi connectivity index (χ1v) is 9.08. The summed E-state index contributed by atoms with van der Waals surface area (Å²) in [7, 11) is 0. The van der Waals surface area contributed by atoms with Crippen LogP contribution in [0, 0.1) is 6.92 Å². The van der Waals surface area contributed by atoms with E-state index in [-0.39, 0.29) is 6.42 Å². The SMILES string of the molecule is Cc1nc(CCC(=O)O)oc1-c1ccc(-c2ccc3c(c2)CCOC3)cc1. The van der Waals surface area contributed by atoms with Gasteiger partial charge in [0.05, 0.1) is 25.3 Å². The van der Waals surface area contributed by atoms with Crippen molar-refractivity contribution in [2.45, 2.75) is 32.8 Å². The second kappa shape index (κ2) is 7.37. The van der Waals surface area contributed by atoms with Crippen molar-refractivity contribution in [2.75, 3.05) is 6.61 Å². The molecule has 0 spiro atoms. The van der Waals surface area contributed by atoms with Crippen LogP contribution in [0.4, 0.5) is 0 Å². The number of oxazole rings is 1. The van der Waals surface area contributed by atoms with Crippen LogP contribution >= 0.6 is 0 Å². The number of aliphatic carboxylic acids is 1. The molecule has 0 fully saturated rings. The largest absolute Gasteiger partial charge is 0.481 e. The zero-order valence-electron chi connectivity index (χ0n) is 15.2. The van der Waals surface area contributed by atoms with Gasteiger partial charge in [-0.05, 0) is 35.6 Å². The van der Waals surface area contributed by atoms with E-state index < -0.39 is 5.97 Å². The summed E-state index contributed by atoms with van der Waals surface area (Å²) in [6, 6.07) is 14.7. The third-order valence-electron chi connectivity index (χ3n) is 4.85. The van der Waals surface area contributed by atoms with Gasteiger partial charge < -0.3 is 14.3 Å². The maximum Gasteiger partial charge on any atom is 0.303 e. The molecular formula is C22H21NO4. The number of carbonyl (C=O) groups is 1. The van der Waals surface area contributed by atoms with Crippen molar-refractivity contribution in [2.24, 2.45) is 0 Å². The van der Waals surface area contributed by atoms with Crippen LogP contribution in [0.3, 0.4) is 0 Å². The minimum Gasteiger partial charge on any atom is -0.481 e. The molecular weight excluding hydrogens is 342 g/mol. The average molecular weight is 363 g/mol. The summed E-state index contributed by atoms with van der Waals surface area (Å²) in [5, 5.41) is 8.80. The maximum atomic E-state index is 10.7. The van der Waals surface area contributed by atoms with Gasteiger partial charge in [0.15, 0.2) is 11.7 Å². The van der Waals surface area contributed by atoms with E-state index in [0.29, 0.717) is 24.7 Å². The topological polar surface area (TPSA) is 72.6 Å². The smallest absolute Gasteiger partial charge is 0.303 e. The first kappa shape index (κ1) is 17.5. The van der Waals surface area contributed by atoms with Crippen LogP contribution in [0.15, 0.2) is 46.9 Å². The molecule has 5 nitrogen and oxygen atoms in total. The molecule has 2 aromatic carbocycles. The number of rotatable bonds is 5. The van der Waals surface area contributed by atoms with Crippen molar-refractivity contribution in [1.29, 1.82) is 0 Å². The fourth-order valence-electron chi connectivity index (χ4n) is 3.40. The van der Waals surface area contributed by atoms with Crippen LogP contribution in [0.5, 0.6) is 0 Å². The van der Waals surface area contributed by atoms with E-state index in [9.17, 15) is 4.79 Å². The highest BCUT2D eigenvalue weighted by molar-refractivity contribution is 5.70. The lowest BCUT2D eigenvalue weighted by Crippen LogP contribution is -2.09. The summed E-state index contributed by atoms with van der Waals surface area (Å²) in [6.07, 6.45) is 1.27. The van der Waals surface area contributed by atoms with Crippen molar-refractivity contribution in [3.63, 3.8) is 0 Å². The Balaban J connectivity index is 1.57. The highest BCUT2D eigenvalue weighted by Crippen LogP contribution is 2.30. The minimum atomic E-state index is -0.853. The monoisotopic (exact) mass is 363 g/mol. The third-order valence-corrected chi connectivity index (χ3v) is 4.85. The molecule has 3 aromatic rings. The van der Waals surface area contributed by atoms with E-state index in [1.54, 1.807) is 0 Å². The van der Waals surface area contributed by atoms with Crippen LogP contribution < -0.4 is 0 Å². The minimum absolute atomic E-state index is 0.0156. The molecule has 4 rings (SSSR count). The molecule has 0 aliphatic carbocycles. The first-order valence-electron chi connectivity index (χ1n) is 9.08. The van der Waals surface area contributed by atoms with Gasteiger partial charge in [-0.1, -0.05) is 42.5 Å². The Hall–Kier alpha value is -2.92. The van der Waals surface area contributed by atoms with E-state index in [0.717, 1.165) is 29.8 Å². The van der Waals surface area contributed by atoms with Gasteiger partial charge in [0.25, 0.3) is 0 Å². The van der Waals surface area contributed by atoms with E-state index in [1.165, 1.54) is 16.7 Å². The summed E-state index contributed by atoms with van der Waals surface area (Å²) >= 11 is 0. The summed E-state index contributed by atoms with van der Waals surface area (Å²) in [4.78, 5) is 15.1. The van der Waals surface area contributed by atoms with Gasteiger partial charge >= 0.3 is 5.97 Å². The van der Waals surface area contributed by atoms with Crippen LogP contribution in [0.2, 0.25) is 0 Å². The van der Waals surface area contributed by atoms with Gasteiger partial charge in [-0.15, -0.1) is 0 Å². The lowest BCUT2D eigenvalue weighted by atomic mass is 9.96. The van der Waals surface area contributed by atoms with Gasteiger partial charge in [0.2, 0.25) is 0 Å². The summed E-state index contributed by atoms with van der Waals surface area (Å²) in [5.41, 5.74) is 6.69. The Morgan fingerprint density at radius 3 is 2.59 bits per heavy atom. The molecule has 0 atom stereocenters. The van der Waals surface area contributed by atoms with Gasteiger partial charge in [-0.3, -0.25) is 4.79 Å². The number of carboxylic acids is 1. The molecule has 0 radical (unpaired) electrons. The average Bonchev–Trinajstić information content (AvgIpc) is 3.07. The highest BCUT2D eigenvalue weighted by atomic mass is 16.5. The second-order valence-corrected chi connectivity index (χ2v) is 6.78. The Morgan fingerprint density at radius 2 is 1.81 bits per heavy atom. The normalized spacial score (nSPS) is 13.4. The Labute approximate surface area is 157 Å². The van der Waals surface area contributed by atoms with Crippen LogP contribution in [-0.2, 0) is 29.0 Å². The number of aryl methyl sites for hydroxylation is 2. The predicted octanol–water partition coefficient (Wildman–Crippen LogP) is 4.41. The van der Waals surface area contributed by atoms with E-state index in [1.807, 2.05) is 19.1 Å². The predicted molar refractivity (Wildman–Crippen MR) is 101 cm³/mol. The number of nitrogens with zero attached hydrogens (tertiary/aromatic N) is 1. The van der Waals surface area contributed by atoms with Crippen LogP contribution in [0.1, 0.15) is 29.1 Å². The summed E-state index contributed by atoms with van der Waals surface area (Å²) < 4.78 is 11.3. The molecule has 1 N–H and O–H groups in total. The molecule has 1 aliphatic rings. The van der Waals surface area contributed by atoms with Crippen LogP contribution in [-0.4, -0.2) is 22.7 Å².